The zero-order valence-corrected chi connectivity index (χ0v) is 37.7. The molecule has 0 saturated carbocycles. The van der Waals surface area contributed by atoms with E-state index in [-0.39, 0.29) is 6.17 Å². The second-order valence-electron chi connectivity index (χ2n) is 17.4. The summed E-state index contributed by atoms with van der Waals surface area (Å²) >= 11 is 1.86. The Hall–Kier alpha value is -8.64. The maximum atomic E-state index is 5.53. The number of aromatic nitrogens is 1. The third-order valence-electron chi connectivity index (χ3n) is 13.2. The second kappa shape index (κ2) is 16.7. The fourth-order valence-corrected chi connectivity index (χ4v) is 11.1. The third-order valence-corrected chi connectivity index (χ3v) is 14.3. The Bertz CT molecular complexity index is 3790. The van der Waals surface area contributed by atoms with Crippen LogP contribution in [0.15, 0.2) is 253 Å². The number of benzene rings is 10. The van der Waals surface area contributed by atoms with Crippen molar-refractivity contribution < 1.29 is 0 Å². The number of rotatable bonds is 8. The average molecular weight is 887 g/mol. The molecule has 12 aromatic rings. The van der Waals surface area contributed by atoms with Crippen LogP contribution in [0.4, 0.5) is 0 Å². The molecule has 0 aliphatic carbocycles. The molecule has 0 amide bonds. The number of amidine groups is 2. The van der Waals surface area contributed by atoms with E-state index >= 15 is 0 Å². The van der Waals surface area contributed by atoms with E-state index in [1.807, 2.05) is 11.3 Å². The molecule has 0 fully saturated rings. The van der Waals surface area contributed by atoms with Gasteiger partial charge in [-0.2, -0.15) is 0 Å². The minimum atomic E-state index is -0.389. The number of para-hydroxylation sites is 1. The Kier molecular flexibility index (Phi) is 9.73. The lowest BCUT2D eigenvalue weighted by molar-refractivity contribution is 0.674. The Morgan fingerprint density at radius 1 is 0.368 bits per heavy atom. The first-order chi connectivity index (χ1) is 33.7. The summed E-state index contributed by atoms with van der Waals surface area (Å²) in [5.74, 6) is 1.43. The third kappa shape index (κ3) is 7.00. The molecule has 5 heteroatoms. The number of fused-ring (bicyclic) bond motifs is 6. The van der Waals surface area contributed by atoms with E-state index in [1.54, 1.807) is 0 Å². The first kappa shape index (κ1) is 39.7. The van der Waals surface area contributed by atoms with Gasteiger partial charge in [0, 0.05) is 53.2 Å². The lowest BCUT2D eigenvalue weighted by atomic mass is 9.92. The van der Waals surface area contributed by atoms with Crippen molar-refractivity contribution >= 4 is 65.0 Å². The van der Waals surface area contributed by atoms with Crippen molar-refractivity contribution in [2.45, 2.75) is 6.17 Å². The first-order valence-electron chi connectivity index (χ1n) is 23.1. The molecule has 68 heavy (non-hydrogen) atoms. The summed E-state index contributed by atoms with van der Waals surface area (Å²) in [6, 6.07) is 87.2. The molecule has 0 spiro atoms. The molecule has 2 aromatic heterocycles. The predicted molar refractivity (Wildman–Crippen MR) is 287 cm³/mol. The summed E-state index contributed by atoms with van der Waals surface area (Å²) in [7, 11) is 0. The standard InChI is InChI=1S/C63H42N4S/c1-6-20-41(21-7-1)46-34-47(42-22-8-2-9-23-42)36-48(35-46)62-64-61(45-28-14-5-15-29-45)65-63(66-62)49-37-52(43-24-10-3-11-25-43)60(53(38-49)44-26-12-4-13-27-44)67-56-32-18-16-30-50(56)54-39-55-51-31-17-19-33-58(51)68-59(55)40-57(54)67/h1-40,61H,(H,64,65,66). The van der Waals surface area contributed by atoms with Gasteiger partial charge >= 0.3 is 0 Å². The predicted octanol–water partition coefficient (Wildman–Crippen LogP) is 16.3. The summed E-state index contributed by atoms with van der Waals surface area (Å²) in [4.78, 5) is 10.9. The van der Waals surface area contributed by atoms with Crippen LogP contribution in [0, 0.1) is 0 Å². The SMILES string of the molecule is c1ccc(-c2cc(C3=NC(c4ccccc4)NC(c4cc(-c5ccccc5)c(-n5c6ccccc6c6cc7c(cc65)sc5ccccc57)c(-c5ccccc5)c4)=N3)cc(-c3ccccc3)c2)cc1. The smallest absolute Gasteiger partial charge is 0.159 e. The zero-order valence-electron chi connectivity index (χ0n) is 36.9. The van der Waals surface area contributed by atoms with E-state index in [0.717, 1.165) is 78.2 Å². The van der Waals surface area contributed by atoms with Crippen LogP contribution in [0.5, 0.6) is 0 Å². The number of aliphatic imine (C=N–C) groups is 2. The second-order valence-corrected chi connectivity index (χ2v) is 18.5. The normalized spacial score (nSPS) is 13.7. The maximum absolute atomic E-state index is 5.53. The fourth-order valence-electron chi connectivity index (χ4n) is 10.00. The molecule has 1 unspecified atom stereocenters. The molecule has 320 valence electrons. The van der Waals surface area contributed by atoms with Crippen LogP contribution in [-0.2, 0) is 0 Å². The van der Waals surface area contributed by atoms with Crippen molar-refractivity contribution in [2.75, 3.05) is 0 Å². The zero-order chi connectivity index (χ0) is 45.0. The molecule has 3 heterocycles. The molecule has 1 N–H and O–H groups in total. The van der Waals surface area contributed by atoms with Crippen LogP contribution in [0.3, 0.4) is 0 Å². The van der Waals surface area contributed by atoms with E-state index in [9.17, 15) is 0 Å². The summed E-state index contributed by atoms with van der Waals surface area (Å²) in [5.41, 5.74) is 15.3. The van der Waals surface area contributed by atoms with Gasteiger partial charge in [0.1, 0.15) is 12.0 Å². The Labute approximate surface area is 398 Å². The van der Waals surface area contributed by atoms with Gasteiger partial charge in [0.15, 0.2) is 5.84 Å². The molecule has 4 nitrogen and oxygen atoms in total. The lowest BCUT2D eigenvalue weighted by Crippen LogP contribution is -2.33. The highest BCUT2D eigenvalue weighted by Crippen LogP contribution is 2.45. The molecule has 10 aromatic carbocycles. The van der Waals surface area contributed by atoms with Gasteiger partial charge in [0.25, 0.3) is 0 Å². The molecule has 13 rings (SSSR count). The minimum Gasteiger partial charge on any atom is -0.344 e. The molecular weight excluding hydrogens is 845 g/mol. The van der Waals surface area contributed by atoms with E-state index in [4.69, 9.17) is 9.98 Å². The van der Waals surface area contributed by atoms with Crippen molar-refractivity contribution in [3.8, 4) is 50.2 Å². The van der Waals surface area contributed by atoms with Crippen LogP contribution < -0.4 is 5.32 Å². The lowest BCUT2D eigenvalue weighted by Gasteiger charge is -2.26. The highest BCUT2D eigenvalue weighted by Gasteiger charge is 2.27. The van der Waals surface area contributed by atoms with Gasteiger partial charge in [-0.1, -0.05) is 188 Å². The van der Waals surface area contributed by atoms with E-state index in [1.165, 1.54) is 36.5 Å². The van der Waals surface area contributed by atoms with Crippen LogP contribution in [0.2, 0.25) is 0 Å². The van der Waals surface area contributed by atoms with E-state index in [0.29, 0.717) is 5.84 Å². The summed E-state index contributed by atoms with van der Waals surface area (Å²) < 4.78 is 5.08. The molecule has 0 saturated heterocycles. The van der Waals surface area contributed by atoms with Gasteiger partial charge < -0.3 is 9.88 Å². The molecule has 0 bridgehead atoms. The van der Waals surface area contributed by atoms with E-state index < -0.39 is 0 Å². The van der Waals surface area contributed by atoms with Gasteiger partial charge in [0.05, 0.1) is 16.7 Å². The molecule has 1 atom stereocenters. The molecular formula is C63H42N4S. The van der Waals surface area contributed by atoms with Crippen LogP contribution in [0.25, 0.3) is 92.2 Å². The summed E-state index contributed by atoms with van der Waals surface area (Å²) in [6.07, 6.45) is -0.389. The highest BCUT2D eigenvalue weighted by molar-refractivity contribution is 7.25. The van der Waals surface area contributed by atoms with Gasteiger partial charge in [0.2, 0.25) is 0 Å². The van der Waals surface area contributed by atoms with Gasteiger partial charge in [-0.3, -0.25) is 0 Å². The van der Waals surface area contributed by atoms with Crippen molar-refractivity contribution in [3.63, 3.8) is 0 Å². The van der Waals surface area contributed by atoms with E-state index in [2.05, 4.69) is 253 Å². The van der Waals surface area contributed by atoms with Gasteiger partial charge in [-0.15, -0.1) is 11.3 Å². The monoisotopic (exact) mass is 886 g/mol. The van der Waals surface area contributed by atoms with Crippen LogP contribution in [-0.4, -0.2) is 16.2 Å². The fraction of sp³-hybridized carbons (Fsp3) is 0.0159. The highest BCUT2D eigenvalue weighted by atomic mass is 32.1. The number of hydrogen-bond acceptors (Lipinski definition) is 4. The largest absolute Gasteiger partial charge is 0.344 e. The van der Waals surface area contributed by atoms with Crippen LogP contribution >= 0.6 is 11.3 Å². The Morgan fingerprint density at radius 3 is 1.50 bits per heavy atom. The van der Waals surface area contributed by atoms with Crippen molar-refractivity contribution in [1.82, 2.24) is 9.88 Å². The average Bonchev–Trinajstić information content (AvgIpc) is 3.95. The number of hydrogen-bond donors (Lipinski definition) is 1. The number of nitrogens with zero attached hydrogens (tertiary/aromatic N) is 3. The van der Waals surface area contributed by atoms with Crippen molar-refractivity contribution in [2.24, 2.45) is 9.98 Å². The molecule has 1 aliphatic rings. The summed E-state index contributed by atoms with van der Waals surface area (Å²) in [5, 5.41) is 8.88. The topological polar surface area (TPSA) is 41.7 Å². The van der Waals surface area contributed by atoms with Crippen molar-refractivity contribution in [3.05, 3.63) is 259 Å². The van der Waals surface area contributed by atoms with Crippen LogP contribution in [0.1, 0.15) is 22.9 Å². The maximum Gasteiger partial charge on any atom is 0.159 e. The quantitative estimate of drug-likeness (QED) is 0.162. The number of thiophene rings is 1. The molecule has 0 radical (unpaired) electrons. The van der Waals surface area contributed by atoms with Gasteiger partial charge in [-0.25, -0.2) is 9.98 Å². The Balaban J connectivity index is 1.08. The van der Waals surface area contributed by atoms with Crippen molar-refractivity contribution in [1.29, 1.82) is 0 Å². The molecule has 1 aliphatic heterocycles. The summed E-state index contributed by atoms with van der Waals surface area (Å²) in [6.45, 7) is 0. The van der Waals surface area contributed by atoms with Gasteiger partial charge in [-0.05, 0) is 93.5 Å². The number of nitrogens with one attached hydrogen (secondary N) is 1. The Morgan fingerprint density at radius 2 is 0.882 bits per heavy atom. The first-order valence-corrected chi connectivity index (χ1v) is 23.9. The minimum absolute atomic E-state index is 0.389.